The molecule has 1 aromatic carbocycles. The van der Waals surface area contributed by atoms with Crippen molar-refractivity contribution in [3.63, 3.8) is 0 Å². The van der Waals surface area contributed by atoms with Gasteiger partial charge in [-0.25, -0.2) is 13.4 Å². The van der Waals surface area contributed by atoms with Gasteiger partial charge in [-0.3, -0.25) is 0 Å². The Hall–Kier alpha value is -1.40. The second-order valence-electron chi connectivity index (χ2n) is 4.08. The SMILES string of the molecule is Cc1ccc(S(C)(=O)=O)cc1NCc1cscn1. The molecule has 0 spiro atoms. The van der Waals surface area contributed by atoms with Gasteiger partial charge in [0.05, 0.1) is 22.6 Å². The van der Waals surface area contributed by atoms with E-state index in [0.29, 0.717) is 11.4 Å². The van der Waals surface area contributed by atoms with E-state index in [-0.39, 0.29) is 0 Å². The highest BCUT2D eigenvalue weighted by atomic mass is 32.2. The third kappa shape index (κ3) is 3.08. The van der Waals surface area contributed by atoms with E-state index in [1.807, 2.05) is 12.3 Å². The quantitative estimate of drug-likeness (QED) is 0.936. The summed E-state index contributed by atoms with van der Waals surface area (Å²) in [7, 11) is -3.17. The summed E-state index contributed by atoms with van der Waals surface area (Å²) in [4.78, 5) is 4.50. The zero-order valence-corrected chi connectivity index (χ0v) is 11.8. The molecule has 1 aromatic heterocycles. The van der Waals surface area contributed by atoms with E-state index in [0.717, 1.165) is 16.9 Å². The maximum absolute atomic E-state index is 11.5. The number of nitrogens with zero attached hydrogens (tertiary/aromatic N) is 1. The molecular weight excluding hydrogens is 268 g/mol. The number of nitrogens with one attached hydrogen (secondary N) is 1. The van der Waals surface area contributed by atoms with Gasteiger partial charge in [-0.15, -0.1) is 11.3 Å². The van der Waals surface area contributed by atoms with E-state index >= 15 is 0 Å². The third-order valence-corrected chi connectivity index (χ3v) is 4.33. The maximum Gasteiger partial charge on any atom is 0.175 e. The van der Waals surface area contributed by atoms with Crippen molar-refractivity contribution in [2.75, 3.05) is 11.6 Å². The Morgan fingerprint density at radius 3 is 2.78 bits per heavy atom. The van der Waals surface area contributed by atoms with E-state index in [2.05, 4.69) is 10.3 Å². The topological polar surface area (TPSA) is 59.1 Å². The summed E-state index contributed by atoms with van der Waals surface area (Å²) in [5, 5.41) is 5.17. The molecule has 0 aliphatic rings. The van der Waals surface area contributed by atoms with Crippen LogP contribution in [0, 0.1) is 6.92 Å². The fourth-order valence-electron chi connectivity index (χ4n) is 1.53. The number of aromatic nitrogens is 1. The van der Waals surface area contributed by atoms with Gasteiger partial charge in [0.15, 0.2) is 9.84 Å². The molecular formula is C12H14N2O2S2. The summed E-state index contributed by atoms with van der Waals surface area (Å²) in [6.45, 7) is 2.53. The van der Waals surface area contributed by atoms with Crippen LogP contribution in [0.25, 0.3) is 0 Å². The summed E-state index contributed by atoms with van der Waals surface area (Å²) in [5.41, 5.74) is 4.56. The van der Waals surface area contributed by atoms with Gasteiger partial charge in [-0.2, -0.15) is 0 Å². The molecule has 0 fully saturated rings. The minimum atomic E-state index is -3.17. The van der Waals surface area contributed by atoms with Crippen molar-refractivity contribution >= 4 is 26.9 Å². The molecule has 18 heavy (non-hydrogen) atoms. The van der Waals surface area contributed by atoms with Gasteiger partial charge in [0.2, 0.25) is 0 Å². The lowest BCUT2D eigenvalue weighted by Gasteiger charge is -2.10. The van der Waals surface area contributed by atoms with E-state index in [1.165, 1.54) is 17.6 Å². The number of thiazole rings is 1. The molecule has 0 bridgehead atoms. The van der Waals surface area contributed by atoms with Crippen LogP contribution in [-0.2, 0) is 16.4 Å². The molecule has 1 N–H and O–H groups in total. The molecule has 0 saturated carbocycles. The number of hydrogen-bond acceptors (Lipinski definition) is 5. The van der Waals surface area contributed by atoms with E-state index in [4.69, 9.17) is 0 Å². The smallest absolute Gasteiger partial charge is 0.175 e. The zero-order valence-electron chi connectivity index (χ0n) is 10.2. The van der Waals surface area contributed by atoms with Crippen LogP contribution < -0.4 is 5.32 Å². The van der Waals surface area contributed by atoms with Crippen molar-refractivity contribution in [3.05, 3.63) is 40.3 Å². The predicted molar refractivity (Wildman–Crippen MR) is 73.7 cm³/mol. The van der Waals surface area contributed by atoms with E-state index in [1.54, 1.807) is 23.7 Å². The van der Waals surface area contributed by atoms with Gasteiger partial charge in [0.25, 0.3) is 0 Å². The predicted octanol–water partition coefficient (Wildman–Crippen LogP) is 2.47. The standard InChI is InChI=1S/C12H14N2O2S2/c1-9-3-4-11(18(2,15)16)5-12(9)13-6-10-7-17-8-14-10/h3-5,7-8,13H,6H2,1-2H3. The van der Waals surface area contributed by atoms with Crippen LogP contribution in [-0.4, -0.2) is 19.7 Å². The third-order valence-electron chi connectivity index (χ3n) is 2.58. The Bertz CT molecular complexity index is 634. The highest BCUT2D eigenvalue weighted by molar-refractivity contribution is 7.90. The minimum absolute atomic E-state index is 0.328. The first-order chi connectivity index (χ1) is 8.47. The second kappa shape index (κ2) is 5.07. The number of aryl methyl sites for hydroxylation is 1. The van der Waals surface area contributed by atoms with Gasteiger partial charge in [-0.1, -0.05) is 6.07 Å². The largest absolute Gasteiger partial charge is 0.379 e. The molecule has 4 nitrogen and oxygen atoms in total. The zero-order chi connectivity index (χ0) is 13.2. The van der Waals surface area contributed by atoms with Crippen LogP contribution in [0.4, 0.5) is 5.69 Å². The summed E-state index contributed by atoms with van der Waals surface area (Å²) in [5.74, 6) is 0. The average Bonchev–Trinajstić information content (AvgIpc) is 2.79. The van der Waals surface area contributed by atoms with Crippen LogP contribution in [0.2, 0.25) is 0 Å². The number of anilines is 1. The molecule has 0 radical (unpaired) electrons. The maximum atomic E-state index is 11.5. The lowest BCUT2D eigenvalue weighted by molar-refractivity contribution is 0.602. The number of hydrogen-bond donors (Lipinski definition) is 1. The van der Waals surface area contributed by atoms with Crippen LogP contribution in [0.3, 0.4) is 0 Å². The lowest BCUT2D eigenvalue weighted by atomic mass is 10.2. The van der Waals surface area contributed by atoms with Crippen LogP contribution >= 0.6 is 11.3 Å². The van der Waals surface area contributed by atoms with Gasteiger partial charge in [-0.05, 0) is 24.6 Å². The molecule has 0 aliphatic carbocycles. The summed E-state index contributed by atoms with van der Waals surface area (Å²) in [6.07, 6.45) is 1.21. The van der Waals surface area contributed by atoms with Gasteiger partial charge >= 0.3 is 0 Å². The van der Waals surface area contributed by atoms with E-state index in [9.17, 15) is 8.42 Å². The Morgan fingerprint density at radius 1 is 1.39 bits per heavy atom. The van der Waals surface area contributed by atoms with E-state index < -0.39 is 9.84 Å². The van der Waals surface area contributed by atoms with Crippen molar-refractivity contribution < 1.29 is 8.42 Å². The second-order valence-corrected chi connectivity index (χ2v) is 6.82. The van der Waals surface area contributed by atoms with Crippen LogP contribution in [0.1, 0.15) is 11.3 Å². The Kier molecular flexibility index (Phi) is 3.68. The Balaban J connectivity index is 2.22. The molecule has 6 heteroatoms. The average molecular weight is 282 g/mol. The summed E-state index contributed by atoms with van der Waals surface area (Å²) < 4.78 is 23.0. The molecule has 0 unspecified atom stereocenters. The first-order valence-electron chi connectivity index (χ1n) is 5.38. The highest BCUT2D eigenvalue weighted by Crippen LogP contribution is 2.20. The summed E-state index contributed by atoms with van der Waals surface area (Å²) in [6, 6.07) is 5.09. The molecule has 2 rings (SSSR count). The molecule has 1 heterocycles. The highest BCUT2D eigenvalue weighted by Gasteiger charge is 2.09. The van der Waals surface area contributed by atoms with Crippen molar-refractivity contribution in [3.8, 4) is 0 Å². The molecule has 0 amide bonds. The van der Waals surface area contributed by atoms with Crippen LogP contribution in [0.15, 0.2) is 34.0 Å². The molecule has 0 saturated heterocycles. The van der Waals surface area contributed by atoms with Gasteiger partial charge in [0, 0.05) is 17.3 Å². The normalized spacial score (nSPS) is 11.4. The van der Waals surface area contributed by atoms with Crippen molar-refractivity contribution in [1.29, 1.82) is 0 Å². The summed E-state index contributed by atoms with van der Waals surface area (Å²) >= 11 is 1.54. The Labute approximate surface area is 111 Å². The first kappa shape index (κ1) is 13.0. The molecule has 2 aromatic rings. The number of rotatable bonds is 4. The number of benzene rings is 1. The lowest BCUT2D eigenvalue weighted by Crippen LogP contribution is -2.04. The van der Waals surface area contributed by atoms with Gasteiger partial charge in [0.1, 0.15) is 0 Å². The molecule has 96 valence electrons. The minimum Gasteiger partial charge on any atom is -0.379 e. The van der Waals surface area contributed by atoms with Crippen LogP contribution in [0.5, 0.6) is 0 Å². The molecule has 0 aliphatic heterocycles. The molecule has 0 atom stereocenters. The van der Waals surface area contributed by atoms with Crippen molar-refractivity contribution in [2.45, 2.75) is 18.4 Å². The van der Waals surface area contributed by atoms with Crippen molar-refractivity contribution in [1.82, 2.24) is 4.98 Å². The Morgan fingerprint density at radius 2 is 2.17 bits per heavy atom. The number of sulfone groups is 1. The fourth-order valence-corrected chi connectivity index (χ4v) is 2.74. The first-order valence-corrected chi connectivity index (χ1v) is 8.22. The van der Waals surface area contributed by atoms with Gasteiger partial charge < -0.3 is 5.32 Å². The monoisotopic (exact) mass is 282 g/mol. The van der Waals surface area contributed by atoms with Crippen molar-refractivity contribution in [2.24, 2.45) is 0 Å². The fraction of sp³-hybridized carbons (Fsp3) is 0.250.